The Labute approximate surface area is 165 Å². The molecule has 2 rings (SSSR count). The first-order valence-corrected chi connectivity index (χ1v) is 12.6. The molecule has 152 valence electrons. The van der Waals surface area contributed by atoms with E-state index in [9.17, 15) is 9.90 Å². The average Bonchev–Trinajstić information content (AvgIpc) is 2.54. The first-order valence-electron chi connectivity index (χ1n) is 11.1. The highest BCUT2D eigenvalue weighted by Crippen LogP contribution is 2.45. The fourth-order valence-corrected chi connectivity index (χ4v) is 10.1. The average molecular weight is 383 g/mol. The molecule has 2 fully saturated rings. The smallest absolute Gasteiger partial charge is 0.121 e. The quantitative estimate of drug-likeness (QED) is 0.601. The van der Waals surface area contributed by atoms with Gasteiger partial charge in [0.05, 0.1) is 0 Å². The lowest BCUT2D eigenvalue weighted by atomic mass is 9.76. The Balaban J connectivity index is 2.31. The summed E-state index contributed by atoms with van der Waals surface area (Å²) in [4.78, 5) is 11.3. The Kier molecular flexibility index (Phi) is 8.37. The Morgan fingerprint density at radius 2 is 1.31 bits per heavy atom. The minimum absolute atomic E-state index is 0.219. The van der Waals surface area contributed by atoms with Crippen LogP contribution in [0.25, 0.3) is 0 Å². The summed E-state index contributed by atoms with van der Waals surface area (Å²) in [6.07, 6.45) is 8.27. The lowest BCUT2D eigenvalue weighted by molar-refractivity contribution is -0.305. The monoisotopic (exact) mass is 382 g/mol. The molecule has 0 radical (unpaired) electrons. The fourth-order valence-electron chi connectivity index (χ4n) is 5.65. The number of carbonyl (C=O) groups is 1. The van der Waals surface area contributed by atoms with Gasteiger partial charge in [0.2, 0.25) is 0 Å². The van der Waals surface area contributed by atoms with Crippen LogP contribution in [0.3, 0.4) is 0 Å². The van der Waals surface area contributed by atoms with Crippen molar-refractivity contribution in [2.45, 2.75) is 97.0 Å². The van der Waals surface area contributed by atoms with Gasteiger partial charge in [-0.25, -0.2) is 0 Å². The molecular weight excluding hydrogens is 340 g/mol. The van der Waals surface area contributed by atoms with Gasteiger partial charge in [0.1, 0.15) is 16.3 Å². The Morgan fingerprint density at radius 1 is 0.885 bits per heavy atom. The summed E-state index contributed by atoms with van der Waals surface area (Å²) in [5.74, 6) is 4.59. The van der Waals surface area contributed by atoms with Crippen molar-refractivity contribution in [1.82, 2.24) is 0 Å². The number of hydrogen-bond donors (Lipinski definition) is 0. The van der Waals surface area contributed by atoms with Crippen LogP contribution in [0.2, 0.25) is 0 Å². The molecule has 2 nitrogen and oxygen atoms in total. The van der Waals surface area contributed by atoms with Crippen molar-refractivity contribution in [3.05, 3.63) is 0 Å². The van der Waals surface area contributed by atoms with E-state index in [0.717, 1.165) is 39.9 Å². The summed E-state index contributed by atoms with van der Waals surface area (Å²) >= 11 is 0. The molecule has 0 aromatic heterocycles. The normalized spacial score (nSPS) is 37.1. The van der Waals surface area contributed by atoms with Crippen LogP contribution in [0.5, 0.6) is 0 Å². The van der Waals surface area contributed by atoms with E-state index in [0.29, 0.717) is 11.8 Å². The number of rotatable bonds is 7. The molecule has 0 bridgehead atoms. The summed E-state index contributed by atoms with van der Waals surface area (Å²) < 4.78 is 0. The molecule has 2 aliphatic rings. The van der Waals surface area contributed by atoms with Crippen LogP contribution in [0.15, 0.2) is 0 Å². The van der Waals surface area contributed by atoms with Gasteiger partial charge in [-0.2, -0.15) is 0 Å². The van der Waals surface area contributed by atoms with Crippen molar-refractivity contribution in [2.75, 3.05) is 5.75 Å². The first-order chi connectivity index (χ1) is 12.2. The first kappa shape index (κ1) is 22.1. The highest BCUT2D eigenvalue weighted by Gasteiger charge is 2.50. The molecule has 0 amide bonds. The third kappa shape index (κ3) is 5.66. The van der Waals surface area contributed by atoms with Gasteiger partial charge in [-0.1, -0.05) is 54.4 Å². The number of carbonyl (C=O) groups excluding carboxylic acids is 1. The van der Waals surface area contributed by atoms with E-state index in [2.05, 4.69) is 41.5 Å². The van der Waals surface area contributed by atoms with Crippen LogP contribution in [-0.4, -0.2) is 22.2 Å². The number of carboxylic acids is 1. The minimum Gasteiger partial charge on any atom is -0.550 e. The molecule has 26 heavy (non-hydrogen) atoms. The highest BCUT2D eigenvalue weighted by molar-refractivity contribution is 7.98. The number of aliphatic carboxylic acids is 1. The zero-order valence-corrected chi connectivity index (χ0v) is 18.8. The van der Waals surface area contributed by atoms with Crippen LogP contribution >= 0.6 is 0 Å². The van der Waals surface area contributed by atoms with Gasteiger partial charge < -0.3 is 9.90 Å². The second kappa shape index (κ2) is 9.85. The SMILES string of the molecule is CC1CCC(C(C)C)C([S+](CCC(=O)[O-])C2CC(C)CCC2C(C)C)C1. The van der Waals surface area contributed by atoms with Crippen LogP contribution < -0.4 is 5.11 Å². The second-order valence-corrected chi connectivity index (χ2v) is 12.6. The van der Waals surface area contributed by atoms with E-state index in [4.69, 9.17) is 0 Å². The molecule has 0 aromatic rings. The summed E-state index contributed by atoms with van der Waals surface area (Å²) in [6.45, 7) is 14.4. The van der Waals surface area contributed by atoms with Gasteiger partial charge in [0, 0.05) is 24.2 Å². The van der Waals surface area contributed by atoms with Crippen molar-refractivity contribution in [3.8, 4) is 0 Å². The predicted octanol–water partition coefficient (Wildman–Crippen LogP) is 4.67. The standard InChI is InChI=1S/C23H42O2S/c1-15(2)19-9-7-17(5)13-21(19)26(12-11-23(24)25)22-14-18(6)8-10-20(22)16(3)4/h15-22H,7-14H2,1-6H3. The second-order valence-electron chi connectivity index (χ2n) is 10.0. The van der Waals surface area contributed by atoms with Gasteiger partial charge in [-0.3, -0.25) is 0 Å². The van der Waals surface area contributed by atoms with Crippen molar-refractivity contribution in [2.24, 2.45) is 35.5 Å². The molecule has 0 aromatic carbocycles. The number of carboxylic acid groups (broad SMARTS) is 1. The summed E-state index contributed by atoms with van der Waals surface area (Å²) in [5, 5.41) is 12.8. The Bertz CT molecular complexity index is 415. The van der Waals surface area contributed by atoms with E-state index in [1.165, 1.54) is 38.5 Å². The molecule has 0 saturated heterocycles. The maximum absolute atomic E-state index is 11.3. The molecule has 6 atom stereocenters. The Hall–Kier alpha value is -0.180. The van der Waals surface area contributed by atoms with E-state index in [1.54, 1.807) is 0 Å². The molecule has 0 aliphatic heterocycles. The van der Waals surface area contributed by atoms with Gasteiger partial charge in [0.25, 0.3) is 0 Å². The maximum atomic E-state index is 11.3. The minimum atomic E-state index is -0.850. The molecular formula is C23H42O2S. The summed E-state index contributed by atoms with van der Waals surface area (Å²) in [7, 11) is 0.219. The van der Waals surface area contributed by atoms with Crippen molar-refractivity contribution >= 4 is 16.9 Å². The van der Waals surface area contributed by atoms with Crippen LogP contribution in [-0.2, 0) is 15.7 Å². The molecule has 3 heteroatoms. The molecule has 6 unspecified atom stereocenters. The van der Waals surface area contributed by atoms with E-state index in [-0.39, 0.29) is 17.3 Å². The summed E-state index contributed by atoms with van der Waals surface area (Å²) in [5.41, 5.74) is 0. The summed E-state index contributed by atoms with van der Waals surface area (Å²) in [6, 6.07) is 0. The van der Waals surface area contributed by atoms with Gasteiger partial charge in [-0.05, 0) is 60.2 Å². The molecule has 0 spiro atoms. The lowest BCUT2D eigenvalue weighted by Crippen LogP contribution is -2.49. The largest absolute Gasteiger partial charge is 0.550 e. The van der Waals surface area contributed by atoms with Gasteiger partial charge in [-0.15, -0.1) is 0 Å². The van der Waals surface area contributed by atoms with Crippen LogP contribution in [0.4, 0.5) is 0 Å². The van der Waals surface area contributed by atoms with E-state index in [1.807, 2.05) is 0 Å². The fraction of sp³-hybridized carbons (Fsp3) is 0.957. The van der Waals surface area contributed by atoms with E-state index < -0.39 is 5.97 Å². The predicted molar refractivity (Wildman–Crippen MR) is 112 cm³/mol. The van der Waals surface area contributed by atoms with Gasteiger partial charge in [0.15, 0.2) is 0 Å². The van der Waals surface area contributed by atoms with E-state index >= 15 is 0 Å². The Morgan fingerprint density at radius 3 is 1.65 bits per heavy atom. The molecule has 0 N–H and O–H groups in total. The lowest BCUT2D eigenvalue weighted by Gasteiger charge is -2.43. The van der Waals surface area contributed by atoms with Crippen molar-refractivity contribution in [1.29, 1.82) is 0 Å². The molecule has 2 aliphatic carbocycles. The maximum Gasteiger partial charge on any atom is 0.121 e. The topological polar surface area (TPSA) is 40.1 Å². The van der Waals surface area contributed by atoms with Crippen molar-refractivity contribution < 1.29 is 9.90 Å². The molecule has 0 heterocycles. The van der Waals surface area contributed by atoms with Crippen LogP contribution in [0.1, 0.15) is 86.5 Å². The van der Waals surface area contributed by atoms with Gasteiger partial charge >= 0.3 is 0 Å². The third-order valence-corrected chi connectivity index (χ3v) is 10.6. The number of hydrogen-bond acceptors (Lipinski definition) is 2. The third-order valence-electron chi connectivity index (χ3n) is 7.24. The zero-order chi connectivity index (χ0) is 19.4. The highest BCUT2D eigenvalue weighted by atomic mass is 32.2. The molecule has 2 saturated carbocycles. The van der Waals surface area contributed by atoms with Crippen molar-refractivity contribution in [3.63, 3.8) is 0 Å². The van der Waals surface area contributed by atoms with Crippen LogP contribution in [0, 0.1) is 35.5 Å². The zero-order valence-electron chi connectivity index (χ0n) is 18.0.